The molecule has 0 spiro atoms. The third-order valence-corrected chi connectivity index (χ3v) is 3.23. The van der Waals surface area contributed by atoms with Gasteiger partial charge in [0.15, 0.2) is 0 Å². The van der Waals surface area contributed by atoms with E-state index in [0.29, 0.717) is 24.3 Å². The quantitative estimate of drug-likeness (QED) is 0.817. The van der Waals surface area contributed by atoms with Gasteiger partial charge in [0.1, 0.15) is 5.75 Å². The molecular formula is C16H19NO4. The van der Waals surface area contributed by atoms with E-state index in [4.69, 9.17) is 9.84 Å². The summed E-state index contributed by atoms with van der Waals surface area (Å²) in [4.78, 5) is 23.2. The van der Waals surface area contributed by atoms with Crippen molar-refractivity contribution in [2.75, 3.05) is 5.32 Å². The van der Waals surface area contributed by atoms with Crippen LogP contribution >= 0.6 is 0 Å². The Morgan fingerprint density at radius 1 is 1.29 bits per heavy atom. The van der Waals surface area contributed by atoms with Crippen LogP contribution in [0.1, 0.15) is 37.0 Å². The van der Waals surface area contributed by atoms with Crippen LogP contribution in [0.25, 0.3) is 0 Å². The predicted octanol–water partition coefficient (Wildman–Crippen LogP) is 3.08. The molecule has 1 amide bonds. The maximum atomic E-state index is 12.2. The summed E-state index contributed by atoms with van der Waals surface area (Å²) in [6, 6.07) is 4.47. The Labute approximate surface area is 123 Å². The summed E-state index contributed by atoms with van der Waals surface area (Å²) in [6.07, 6.45) is 5.31. The van der Waals surface area contributed by atoms with E-state index in [1.165, 1.54) is 12.1 Å². The Morgan fingerprint density at radius 3 is 2.52 bits per heavy atom. The SMILES string of the molecule is CC(C)Oc1ccc(C(=O)O)cc1NC(=O)C1CC=CC1. The summed E-state index contributed by atoms with van der Waals surface area (Å²) in [5.41, 5.74) is 0.520. The Kier molecular flexibility index (Phi) is 4.62. The number of anilines is 1. The first kappa shape index (κ1) is 15.1. The van der Waals surface area contributed by atoms with Gasteiger partial charge in [-0.25, -0.2) is 4.79 Å². The van der Waals surface area contributed by atoms with Crippen molar-refractivity contribution >= 4 is 17.6 Å². The van der Waals surface area contributed by atoms with Gasteiger partial charge < -0.3 is 15.2 Å². The molecule has 0 heterocycles. The highest BCUT2D eigenvalue weighted by molar-refractivity contribution is 5.96. The van der Waals surface area contributed by atoms with Crippen molar-refractivity contribution in [1.29, 1.82) is 0 Å². The first-order chi connectivity index (χ1) is 9.97. The molecule has 0 aromatic heterocycles. The van der Waals surface area contributed by atoms with Crippen molar-refractivity contribution in [1.82, 2.24) is 0 Å². The van der Waals surface area contributed by atoms with E-state index in [9.17, 15) is 9.59 Å². The molecule has 0 saturated heterocycles. The molecule has 1 aliphatic carbocycles. The van der Waals surface area contributed by atoms with Crippen LogP contribution in [0.5, 0.6) is 5.75 Å². The first-order valence-corrected chi connectivity index (χ1v) is 6.97. The van der Waals surface area contributed by atoms with Crippen LogP contribution in [-0.4, -0.2) is 23.1 Å². The molecule has 1 aromatic carbocycles. The fraction of sp³-hybridized carbons (Fsp3) is 0.375. The normalized spacial score (nSPS) is 14.4. The van der Waals surface area contributed by atoms with Crippen LogP contribution < -0.4 is 10.1 Å². The number of rotatable bonds is 5. The molecule has 2 rings (SSSR count). The number of benzene rings is 1. The number of ether oxygens (including phenoxy) is 1. The van der Waals surface area contributed by atoms with Crippen molar-refractivity contribution in [2.24, 2.45) is 5.92 Å². The molecule has 0 bridgehead atoms. The van der Waals surface area contributed by atoms with Crippen molar-refractivity contribution in [2.45, 2.75) is 32.8 Å². The maximum absolute atomic E-state index is 12.2. The average Bonchev–Trinajstić information content (AvgIpc) is 2.93. The number of carboxylic acids is 1. The van der Waals surface area contributed by atoms with E-state index < -0.39 is 5.97 Å². The molecule has 0 unspecified atom stereocenters. The summed E-state index contributed by atoms with van der Waals surface area (Å²) in [6.45, 7) is 3.75. The number of hydrogen-bond donors (Lipinski definition) is 2. The van der Waals surface area contributed by atoms with Gasteiger partial charge in [-0.3, -0.25) is 4.79 Å². The maximum Gasteiger partial charge on any atom is 0.335 e. The third-order valence-electron chi connectivity index (χ3n) is 3.23. The summed E-state index contributed by atoms with van der Waals surface area (Å²) < 4.78 is 5.62. The van der Waals surface area contributed by atoms with Crippen LogP contribution in [-0.2, 0) is 4.79 Å². The van der Waals surface area contributed by atoms with Crippen molar-refractivity contribution in [3.8, 4) is 5.75 Å². The lowest BCUT2D eigenvalue weighted by molar-refractivity contribution is -0.119. The fourth-order valence-corrected chi connectivity index (χ4v) is 2.18. The molecule has 0 aliphatic heterocycles. The molecule has 5 heteroatoms. The largest absolute Gasteiger partial charge is 0.489 e. The monoisotopic (exact) mass is 289 g/mol. The lowest BCUT2D eigenvalue weighted by Gasteiger charge is -2.17. The number of carbonyl (C=O) groups is 2. The van der Waals surface area contributed by atoms with Gasteiger partial charge in [0.05, 0.1) is 17.4 Å². The van der Waals surface area contributed by atoms with Gasteiger partial charge in [-0.05, 0) is 44.9 Å². The first-order valence-electron chi connectivity index (χ1n) is 6.97. The van der Waals surface area contributed by atoms with Crippen LogP contribution in [0, 0.1) is 5.92 Å². The highest BCUT2D eigenvalue weighted by atomic mass is 16.5. The highest BCUT2D eigenvalue weighted by Crippen LogP contribution is 2.29. The molecular weight excluding hydrogens is 270 g/mol. The number of hydrogen-bond acceptors (Lipinski definition) is 3. The van der Waals surface area contributed by atoms with Gasteiger partial charge in [0.25, 0.3) is 0 Å². The smallest absolute Gasteiger partial charge is 0.335 e. The van der Waals surface area contributed by atoms with Crippen LogP contribution in [0.15, 0.2) is 30.4 Å². The van der Waals surface area contributed by atoms with Crippen LogP contribution in [0.2, 0.25) is 0 Å². The molecule has 0 radical (unpaired) electrons. The van der Waals surface area contributed by atoms with Gasteiger partial charge in [-0.2, -0.15) is 0 Å². The van der Waals surface area contributed by atoms with Crippen molar-refractivity contribution in [3.05, 3.63) is 35.9 Å². The van der Waals surface area contributed by atoms with E-state index in [1.807, 2.05) is 26.0 Å². The summed E-state index contributed by atoms with van der Waals surface area (Å²) in [5.74, 6) is -0.764. The van der Waals surface area contributed by atoms with Gasteiger partial charge in [0, 0.05) is 5.92 Å². The number of carboxylic acid groups (broad SMARTS) is 1. The zero-order valence-electron chi connectivity index (χ0n) is 12.1. The number of aromatic carboxylic acids is 1. The van der Waals surface area contributed by atoms with E-state index >= 15 is 0 Å². The zero-order chi connectivity index (χ0) is 15.4. The minimum Gasteiger partial charge on any atom is -0.489 e. The predicted molar refractivity (Wildman–Crippen MR) is 79.7 cm³/mol. The average molecular weight is 289 g/mol. The molecule has 1 aromatic rings. The van der Waals surface area contributed by atoms with Gasteiger partial charge in [-0.1, -0.05) is 12.2 Å². The standard InChI is InChI=1S/C16H19NO4/c1-10(2)21-14-8-7-12(16(19)20)9-13(14)17-15(18)11-5-3-4-6-11/h3-4,7-11H,5-6H2,1-2H3,(H,17,18)(H,19,20). The summed E-state index contributed by atoms with van der Waals surface area (Å²) in [5, 5.41) is 11.9. The minimum atomic E-state index is -1.04. The summed E-state index contributed by atoms with van der Waals surface area (Å²) in [7, 11) is 0. The molecule has 2 N–H and O–H groups in total. The lowest BCUT2D eigenvalue weighted by Crippen LogP contribution is -2.21. The Balaban J connectivity index is 2.22. The number of allylic oxidation sites excluding steroid dienone is 2. The third kappa shape index (κ3) is 3.84. The fourth-order valence-electron chi connectivity index (χ4n) is 2.18. The van der Waals surface area contributed by atoms with Crippen LogP contribution in [0.3, 0.4) is 0 Å². The second-order valence-electron chi connectivity index (χ2n) is 5.31. The second-order valence-corrected chi connectivity index (χ2v) is 5.31. The molecule has 0 atom stereocenters. The van der Waals surface area contributed by atoms with Crippen molar-refractivity contribution in [3.63, 3.8) is 0 Å². The Bertz CT molecular complexity index is 570. The number of nitrogens with one attached hydrogen (secondary N) is 1. The zero-order valence-corrected chi connectivity index (χ0v) is 12.1. The van der Waals surface area contributed by atoms with Crippen molar-refractivity contribution < 1.29 is 19.4 Å². The second kappa shape index (κ2) is 6.43. The molecule has 5 nitrogen and oxygen atoms in total. The number of amides is 1. The molecule has 0 fully saturated rings. The lowest BCUT2D eigenvalue weighted by atomic mass is 10.1. The van der Waals surface area contributed by atoms with Gasteiger partial charge >= 0.3 is 5.97 Å². The van der Waals surface area contributed by atoms with Gasteiger partial charge in [-0.15, -0.1) is 0 Å². The Hall–Kier alpha value is -2.30. The minimum absolute atomic E-state index is 0.0653. The summed E-state index contributed by atoms with van der Waals surface area (Å²) >= 11 is 0. The van der Waals surface area contributed by atoms with E-state index in [0.717, 1.165) is 0 Å². The van der Waals surface area contributed by atoms with Crippen LogP contribution in [0.4, 0.5) is 5.69 Å². The molecule has 1 aliphatic rings. The highest BCUT2D eigenvalue weighted by Gasteiger charge is 2.21. The Morgan fingerprint density at radius 2 is 1.95 bits per heavy atom. The van der Waals surface area contributed by atoms with E-state index in [2.05, 4.69) is 5.32 Å². The van der Waals surface area contributed by atoms with Gasteiger partial charge in [0.2, 0.25) is 5.91 Å². The topological polar surface area (TPSA) is 75.6 Å². The van der Waals surface area contributed by atoms with E-state index in [1.54, 1.807) is 6.07 Å². The molecule has 21 heavy (non-hydrogen) atoms. The van der Waals surface area contributed by atoms with E-state index in [-0.39, 0.29) is 23.5 Å². The number of carbonyl (C=O) groups excluding carboxylic acids is 1. The molecule has 112 valence electrons. The molecule has 0 saturated carbocycles.